The maximum absolute atomic E-state index is 11.4. The predicted octanol–water partition coefficient (Wildman–Crippen LogP) is 1.13. The quantitative estimate of drug-likeness (QED) is 0.548. The minimum atomic E-state index is -4.37. The van der Waals surface area contributed by atoms with Gasteiger partial charge in [-0.15, -0.1) is 0 Å². The Balaban J connectivity index is 3.01. The standard InChI is InChI=1S/C11H12N2O3S/c12-6-8-5-7-3-1-2-4-9(7)11(10(8)13)17(14,15)16/h1-5H,6,12-13H2,(H,14,15,16). The smallest absolute Gasteiger partial charge is 0.297 e. The summed E-state index contributed by atoms with van der Waals surface area (Å²) in [4.78, 5) is -0.268. The summed E-state index contributed by atoms with van der Waals surface area (Å²) >= 11 is 0. The van der Waals surface area contributed by atoms with Crippen LogP contribution in [0.1, 0.15) is 5.56 Å². The fraction of sp³-hybridized carbons (Fsp3) is 0.0909. The maximum Gasteiger partial charge on any atom is 0.297 e. The van der Waals surface area contributed by atoms with Gasteiger partial charge in [-0.2, -0.15) is 8.42 Å². The first-order valence-corrected chi connectivity index (χ1v) is 6.37. The van der Waals surface area contributed by atoms with Crippen LogP contribution in [-0.4, -0.2) is 13.0 Å². The molecule has 0 spiro atoms. The number of hydrogen-bond acceptors (Lipinski definition) is 4. The van der Waals surface area contributed by atoms with Crippen molar-refractivity contribution in [3.8, 4) is 0 Å². The summed E-state index contributed by atoms with van der Waals surface area (Å²) in [5, 5.41) is 1.07. The van der Waals surface area contributed by atoms with Crippen LogP contribution < -0.4 is 11.5 Å². The lowest BCUT2D eigenvalue weighted by Gasteiger charge is -2.11. The van der Waals surface area contributed by atoms with Gasteiger partial charge in [-0.1, -0.05) is 24.3 Å². The molecule has 0 aliphatic heterocycles. The molecule has 2 rings (SSSR count). The SMILES string of the molecule is NCc1cc2ccccc2c(S(=O)(=O)O)c1N. The molecule has 0 atom stereocenters. The Morgan fingerprint density at radius 3 is 2.47 bits per heavy atom. The van der Waals surface area contributed by atoms with E-state index in [2.05, 4.69) is 0 Å². The van der Waals surface area contributed by atoms with Crippen molar-refractivity contribution in [1.29, 1.82) is 0 Å². The molecule has 0 unspecified atom stereocenters. The fourth-order valence-corrected chi connectivity index (χ4v) is 2.71. The lowest BCUT2D eigenvalue weighted by atomic mass is 10.1. The number of benzene rings is 2. The van der Waals surface area contributed by atoms with Gasteiger partial charge >= 0.3 is 0 Å². The Morgan fingerprint density at radius 1 is 1.24 bits per heavy atom. The van der Waals surface area contributed by atoms with Crippen molar-refractivity contribution >= 4 is 26.6 Å². The van der Waals surface area contributed by atoms with Gasteiger partial charge in [0.05, 0.1) is 5.69 Å². The van der Waals surface area contributed by atoms with Crippen LogP contribution in [0, 0.1) is 0 Å². The van der Waals surface area contributed by atoms with E-state index in [-0.39, 0.29) is 17.1 Å². The van der Waals surface area contributed by atoms with Gasteiger partial charge in [-0.05, 0) is 17.0 Å². The number of anilines is 1. The molecular weight excluding hydrogens is 240 g/mol. The fourth-order valence-electron chi connectivity index (χ4n) is 1.83. The van der Waals surface area contributed by atoms with Crippen molar-refractivity contribution < 1.29 is 13.0 Å². The average molecular weight is 252 g/mol. The number of hydrogen-bond donors (Lipinski definition) is 3. The Kier molecular flexibility index (Phi) is 2.78. The van der Waals surface area contributed by atoms with Crippen molar-refractivity contribution in [2.75, 3.05) is 5.73 Å². The van der Waals surface area contributed by atoms with Gasteiger partial charge in [0.25, 0.3) is 10.1 Å². The molecule has 0 amide bonds. The van der Waals surface area contributed by atoms with E-state index in [0.717, 1.165) is 0 Å². The summed E-state index contributed by atoms with van der Waals surface area (Å²) in [6, 6.07) is 8.50. The van der Waals surface area contributed by atoms with E-state index in [1.807, 2.05) is 0 Å². The minimum Gasteiger partial charge on any atom is -0.397 e. The van der Waals surface area contributed by atoms with Crippen LogP contribution in [0.3, 0.4) is 0 Å². The molecule has 2 aromatic carbocycles. The summed E-state index contributed by atoms with van der Waals surface area (Å²) in [5.74, 6) is 0. The maximum atomic E-state index is 11.4. The largest absolute Gasteiger partial charge is 0.397 e. The van der Waals surface area contributed by atoms with Gasteiger partial charge in [0, 0.05) is 11.9 Å². The van der Waals surface area contributed by atoms with Crippen molar-refractivity contribution in [3.63, 3.8) is 0 Å². The molecule has 0 bridgehead atoms. The first-order valence-electron chi connectivity index (χ1n) is 4.93. The van der Waals surface area contributed by atoms with Gasteiger partial charge in [0.1, 0.15) is 4.90 Å². The third-order valence-corrected chi connectivity index (χ3v) is 3.56. The first-order chi connectivity index (χ1) is 7.95. The molecular formula is C11H12N2O3S. The second-order valence-corrected chi connectivity index (χ2v) is 5.04. The molecule has 0 aliphatic carbocycles. The van der Waals surface area contributed by atoms with Crippen LogP contribution in [-0.2, 0) is 16.7 Å². The summed E-state index contributed by atoms with van der Waals surface area (Å²) in [7, 11) is -4.37. The van der Waals surface area contributed by atoms with Crippen molar-refractivity contribution in [3.05, 3.63) is 35.9 Å². The first kappa shape index (κ1) is 11.8. The third-order valence-electron chi connectivity index (χ3n) is 2.60. The van der Waals surface area contributed by atoms with E-state index < -0.39 is 10.1 Å². The van der Waals surface area contributed by atoms with E-state index in [9.17, 15) is 13.0 Å². The molecule has 0 heterocycles. The molecule has 5 nitrogen and oxygen atoms in total. The van der Waals surface area contributed by atoms with E-state index in [1.165, 1.54) is 0 Å². The Labute approximate surface area is 98.8 Å². The van der Waals surface area contributed by atoms with Crippen LogP contribution >= 0.6 is 0 Å². The number of fused-ring (bicyclic) bond motifs is 1. The van der Waals surface area contributed by atoms with E-state index in [4.69, 9.17) is 11.5 Å². The molecule has 0 saturated heterocycles. The molecule has 0 aliphatic rings. The normalized spacial score (nSPS) is 11.9. The van der Waals surface area contributed by atoms with Gasteiger partial charge in [0.2, 0.25) is 0 Å². The number of nitrogen functional groups attached to an aromatic ring is 1. The molecule has 0 saturated carbocycles. The van der Waals surface area contributed by atoms with Crippen molar-refractivity contribution in [2.24, 2.45) is 5.73 Å². The summed E-state index contributed by atoms with van der Waals surface area (Å²) < 4.78 is 32.0. The Hall–Kier alpha value is -1.63. The molecule has 90 valence electrons. The van der Waals surface area contributed by atoms with Crippen LogP contribution in [0.25, 0.3) is 10.8 Å². The van der Waals surface area contributed by atoms with Crippen LogP contribution in [0.4, 0.5) is 5.69 Å². The lowest BCUT2D eigenvalue weighted by molar-refractivity contribution is 0.484. The number of nitrogens with two attached hydrogens (primary N) is 2. The zero-order valence-electron chi connectivity index (χ0n) is 8.92. The van der Waals surface area contributed by atoms with E-state index in [1.54, 1.807) is 30.3 Å². The van der Waals surface area contributed by atoms with Gasteiger partial charge < -0.3 is 11.5 Å². The average Bonchev–Trinajstić information content (AvgIpc) is 2.26. The highest BCUT2D eigenvalue weighted by Crippen LogP contribution is 2.31. The lowest BCUT2D eigenvalue weighted by Crippen LogP contribution is -2.09. The topological polar surface area (TPSA) is 106 Å². The molecule has 0 radical (unpaired) electrons. The van der Waals surface area contributed by atoms with Crippen molar-refractivity contribution in [1.82, 2.24) is 0 Å². The molecule has 0 aromatic heterocycles. The second-order valence-electron chi connectivity index (χ2n) is 3.68. The molecule has 6 heteroatoms. The number of rotatable bonds is 2. The molecule has 5 N–H and O–H groups in total. The Bertz CT molecular complexity index is 680. The monoisotopic (exact) mass is 252 g/mol. The van der Waals surface area contributed by atoms with Crippen molar-refractivity contribution in [2.45, 2.75) is 11.4 Å². The zero-order chi connectivity index (χ0) is 12.6. The molecule has 2 aromatic rings. The molecule has 17 heavy (non-hydrogen) atoms. The summed E-state index contributed by atoms with van der Waals surface area (Å²) in [6.07, 6.45) is 0. The second kappa shape index (κ2) is 3.99. The van der Waals surface area contributed by atoms with Crippen LogP contribution in [0.2, 0.25) is 0 Å². The molecule has 0 fully saturated rings. The highest BCUT2D eigenvalue weighted by molar-refractivity contribution is 7.86. The van der Waals surface area contributed by atoms with E-state index >= 15 is 0 Å². The third kappa shape index (κ3) is 1.97. The summed E-state index contributed by atoms with van der Waals surface area (Å²) in [6.45, 7) is 0.110. The summed E-state index contributed by atoms with van der Waals surface area (Å²) in [5.41, 5.74) is 11.7. The van der Waals surface area contributed by atoms with Gasteiger partial charge in [-0.25, -0.2) is 0 Å². The zero-order valence-corrected chi connectivity index (χ0v) is 9.74. The van der Waals surface area contributed by atoms with E-state index in [0.29, 0.717) is 16.3 Å². The van der Waals surface area contributed by atoms with Gasteiger partial charge in [0.15, 0.2) is 0 Å². The predicted molar refractivity (Wildman–Crippen MR) is 66.1 cm³/mol. The van der Waals surface area contributed by atoms with Crippen LogP contribution in [0.5, 0.6) is 0 Å². The Morgan fingerprint density at radius 2 is 1.88 bits per heavy atom. The highest BCUT2D eigenvalue weighted by atomic mass is 32.2. The minimum absolute atomic E-state index is 0.00806. The van der Waals surface area contributed by atoms with Gasteiger partial charge in [-0.3, -0.25) is 4.55 Å². The van der Waals surface area contributed by atoms with Crippen LogP contribution in [0.15, 0.2) is 35.2 Å². The highest BCUT2D eigenvalue weighted by Gasteiger charge is 2.20.